The van der Waals surface area contributed by atoms with Crippen LogP contribution in [0.4, 0.5) is 0 Å². The summed E-state index contributed by atoms with van der Waals surface area (Å²) in [6.45, 7) is 3.33. The topological polar surface area (TPSA) is 57.7 Å². The van der Waals surface area contributed by atoms with Gasteiger partial charge in [0, 0.05) is 47.6 Å². The smallest absolute Gasteiger partial charge is 0.254 e. The maximum atomic E-state index is 13.9. The van der Waals surface area contributed by atoms with Crippen molar-refractivity contribution >= 4 is 50.5 Å². The van der Waals surface area contributed by atoms with Crippen LogP contribution in [0.3, 0.4) is 0 Å². The third kappa shape index (κ3) is 6.50. The van der Waals surface area contributed by atoms with E-state index in [9.17, 15) is 13.2 Å². The minimum Gasteiger partial charge on any atom is -0.331 e. The summed E-state index contributed by atoms with van der Waals surface area (Å²) in [5.74, 6) is -0.238. The monoisotopic (exact) mass is 564 g/mol. The van der Waals surface area contributed by atoms with Gasteiger partial charge in [-0.25, -0.2) is 8.42 Å². The van der Waals surface area contributed by atoms with Crippen LogP contribution in [0, 0.1) is 0 Å². The van der Waals surface area contributed by atoms with Crippen molar-refractivity contribution in [1.82, 2.24) is 9.21 Å². The number of halogens is 2. The van der Waals surface area contributed by atoms with Crippen LogP contribution in [0.25, 0.3) is 0 Å². The Balaban J connectivity index is 1.66. The predicted molar refractivity (Wildman–Crippen MR) is 147 cm³/mol. The number of rotatable bonds is 8. The van der Waals surface area contributed by atoms with Gasteiger partial charge >= 0.3 is 0 Å². The van der Waals surface area contributed by atoms with E-state index in [2.05, 4.69) is 6.07 Å². The zero-order valence-corrected chi connectivity index (χ0v) is 23.3. The number of nitrogens with zero attached hydrogens (tertiary/aromatic N) is 2. The van der Waals surface area contributed by atoms with Crippen molar-refractivity contribution in [2.24, 2.45) is 0 Å². The van der Waals surface area contributed by atoms with Crippen molar-refractivity contribution in [3.8, 4) is 0 Å². The molecule has 36 heavy (non-hydrogen) atoms. The van der Waals surface area contributed by atoms with Crippen molar-refractivity contribution in [2.75, 3.05) is 13.1 Å². The van der Waals surface area contributed by atoms with Crippen LogP contribution in [0.2, 0.25) is 10.0 Å². The lowest BCUT2D eigenvalue weighted by Crippen LogP contribution is -2.39. The molecule has 0 unspecified atom stereocenters. The average Bonchev–Trinajstić information content (AvgIpc) is 3.21. The molecule has 0 radical (unpaired) electrons. The Morgan fingerprint density at radius 1 is 1.03 bits per heavy atom. The highest BCUT2D eigenvalue weighted by Crippen LogP contribution is 2.29. The largest absolute Gasteiger partial charge is 0.331 e. The quantitative estimate of drug-likeness (QED) is 0.299. The highest BCUT2D eigenvalue weighted by atomic mass is 35.5. The van der Waals surface area contributed by atoms with E-state index in [4.69, 9.17) is 23.2 Å². The summed E-state index contributed by atoms with van der Waals surface area (Å²) >= 11 is 14.1. The molecule has 4 rings (SSSR count). The number of amides is 1. The third-order valence-electron chi connectivity index (χ3n) is 6.50. The normalized spacial score (nSPS) is 15.9. The van der Waals surface area contributed by atoms with E-state index in [0.717, 1.165) is 31.2 Å². The molecule has 1 atom stereocenters. The summed E-state index contributed by atoms with van der Waals surface area (Å²) < 4.78 is 28.5. The maximum absolute atomic E-state index is 13.9. The summed E-state index contributed by atoms with van der Waals surface area (Å²) in [4.78, 5) is 16.8. The highest BCUT2D eigenvalue weighted by Gasteiger charge is 2.30. The van der Waals surface area contributed by atoms with Crippen LogP contribution in [-0.2, 0) is 23.0 Å². The first-order valence-electron chi connectivity index (χ1n) is 12.1. The number of benzene rings is 2. The number of carbonyl (C=O) groups excluding carboxylic acids is 1. The Morgan fingerprint density at radius 2 is 1.72 bits per heavy atom. The second-order valence-corrected chi connectivity index (χ2v) is 12.9. The van der Waals surface area contributed by atoms with Gasteiger partial charge in [-0.3, -0.25) is 4.79 Å². The molecule has 0 aliphatic carbocycles. The lowest BCUT2D eigenvalue weighted by atomic mass is 10.1. The van der Waals surface area contributed by atoms with Gasteiger partial charge in [0.25, 0.3) is 5.91 Å². The molecule has 5 nitrogen and oxygen atoms in total. The molecular weight excluding hydrogens is 535 g/mol. The fraction of sp³-hybridized carbons (Fsp3) is 0.370. The van der Waals surface area contributed by atoms with Crippen LogP contribution in [-0.4, -0.2) is 42.7 Å². The molecule has 3 aromatic rings. The van der Waals surface area contributed by atoms with E-state index in [1.807, 2.05) is 30.5 Å². The fourth-order valence-corrected chi connectivity index (χ4v) is 7.44. The second-order valence-electron chi connectivity index (χ2n) is 9.16. The molecule has 0 bridgehead atoms. The van der Waals surface area contributed by atoms with Crippen molar-refractivity contribution in [1.29, 1.82) is 0 Å². The van der Waals surface area contributed by atoms with E-state index in [1.54, 1.807) is 34.4 Å². The van der Waals surface area contributed by atoms with Crippen LogP contribution in [0.5, 0.6) is 0 Å². The van der Waals surface area contributed by atoms with Gasteiger partial charge in [0.05, 0.1) is 5.02 Å². The number of hydrogen-bond acceptors (Lipinski definition) is 4. The first-order chi connectivity index (χ1) is 17.3. The zero-order chi connectivity index (χ0) is 25.7. The second kappa shape index (κ2) is 12.1. The average molecular weight is 566 g/mol. The first-order valence-corrected chi connectivity index (χ1v) is 15.2. The zero-order valence-electron chi connectivity index (χ0n) is 20.2. The Bertz CT molecular complexity index is 1270. The van der Waals surface area contributed by atoms with Crippen molar-refractivity contribution in [3.63, 3.8) is 0 Å². The Labute approximate surface area is 227 Å². The van der Waals surface area contributed by atoms with Crippen molar-refractivity contribution < 1.29 is 13.2 Å². The number of carbonyl (C=O) groups is 1. The van der Waals surface area contributed by atoms with E-state index < -0.39 is 10.0 Å². The van der Waals surface area contributed by atoms with Gasteiger partial charge in [0.1, 0.15) is 4.90 Å². The van der Waals surface area contributed by atoms with Gasteiger partial charge < -0.3 is 4.90 Å². The first kappa shape index (κ1) is 27.1. The molecule has 1 aliphatic rings. The Morgan fingerprint density at radius 3 is 2.36 bits per heavy atom. The van der Waals surface area contributed by atoms with Crippen LogP contribution >= 0.6 is 34.5 Å². The molecule has 2 aromatic carbocycles. The molecular formula is C27H30Cl2N2O3S2. The van der Waals surface area contributed by atoms with Crippen LogP contribution < -0.4 is 0 Å². The molecule has 1 fully saturated rings. The molecule has 0 saturated carbocycles. The molecule has 1 aromatic heterocycles. The Hall–Kier alpha value is -1.90. The van der Waals surface area contributed by atoms with Gasteiger partial charge in [-0.15, -0.1) is 11.3 Å². The summed E-state index contributed by atoms with van der Waals surface area (Å²) in [6, 6.07) is 15.9. The molecule has 9 heteroatoms. The molecule has 2 heterocycles. The third-order valence-corrected chi connectivity index (χ3v) is 10.0. The van der Waals surface area contributed by atoms with Gasteiger partial charge in [0.15, 0.2) is 0 Å². The number of thiophene rings is 1. The van der Waals surface area contributed by atoms with Crippen LogP contribution in [0.1, 0.15) is 53.4 Å². The lowest BCUT2D eigenvalue weighted by Gasteiger charge is -2.30. The summed E-state index contributed by atoms with van der Waals surface area (Å²) in [5, 5.41) is 2.78. The molecule has 1 aliphatic heterocycles. The molecule has 1 saturated heterocycles. The molecule has 1 amide bonds. The summed E-state index contributed by atoms with van der Waals surface area (Å²) in [5.41, 5.74) is 1.25. The lowest BCUT2D eigenvalue weighted by molar-refractivity contribution is 0.0675. The minimum absolute atomic E-state index is 0.00531. The fourth-order valence-electron chi connectivity index (χ4n) is 4.47. The summed E-state index contributed by atoms with van der Waals surface area (Å²) in [6.07, 6.45) is 4.37. The SMILES string of the molecule is C[C@H](Cc1cccs1)N(Cc1ccc(Cl)cc1)C(=O)c1ccc(Cl)c(S(=O)(=O)N2CCCCCC2)c1. The van der Waals surface area contributed by atoms with Crippen LogP contribution in [0.15, 0.2) is 64.9 Å². The molecule has 0 N–H and O–H groups in total. The van der Waals surface area contributed by atoms with E-state index >= 15 is 0 Å². The number of hydrogen-bond donors (Lipinski definition) is 0. The van der Waals surface area contributed by atoms with Crippen molar-refractivity contribution in [3.05, 3.63) is 86.0 Å². The molecule has 0 spiro atoms. The Kier molecular flexibility index (Phi) is 9.12. The van der Waals surface area contributed by atoms with E-state index in [0.29, 0.717) is 36.6 Å². The minimum atomic E-state index is -3.81. The summed E-state index contributed by atoms with van der Waals surface area (Å²) in [7, 11) is -3.81. The van der Waals surface area contributed by atoms with Gasteiger partial charge in [-0.2, -0.15) is 4.31 Å². The van der Waals surface area contributed by atoms with E-state index in [-0.39, 0.29) is 21.9 Å². The maximum Gasteiger partial charge on any atom is 0.254 e. The van der Waals surface area contributed by atoms with Gasteiger partial charge in [-0.1, -0.05) is 54.2 Å². The standard InChI is InChI=1S/C27H30Cl2N2O3S2/c1-20(17-24-7-6-16-35-24)31(19-21-8-11-23(28)12-9-21)27(32)22-10-13-25(29)26(18-22)36(33,34)30-14-4-2-3-5-15-30/h6-13,16,18,20H,2-5,14-15,17,19H2,1H3/t20-/m1/s1. The van der Waals surface area contributed by atoms with Gasteiger partial charge in [-0.05, 0) is 67.1 Å². The predicted octanol–water partition coefficient (Wildman–Crippen LogP) is 6.89. The number of sulfonamides is 1. The van der Waals surface area contributed by atoms with Gasteiger partial charge in [0.2, 0.25) is 10.0 Å². The highest BCUT2D eigenvalue weighted by molar-refractivity contribution is 7.89. The van der Waals surface area contributed by atoms with E-state index in [1.165, 1.54) is 21.3 Å². The van der Waals surface area contributed by atoms with Crippen molar-refractivity contribution in [2.45, 2.75) is 56.5 Å². The molecule has 192 valence electrons.